The first kappa shape index (κ1) is 8.44. The quantitative estimate of drug-likeness (QED) is 0.513. The zero-order chi connectivity index (χ0) is 6.95. The first-order chi connectivity index (χ1) is 4.41. The third kappa shape index (κ3) is 7.44. The van der Waals surface area contributed by atoms with E-state index in [9.17, 15) is 0 Å². The second-order valence-electron chi connectivity index (χ2n) is 1.79. The molecule has 9 heavy (non-hydrogen) atoms. The second kappa shape index (κ2) is 7.44. The Balaban J connectivity index is 3.08. The average Bonchev–Trinajstić information content (AvgIpc) is 1.89. The van der Waals surface area contributed by atoms with Crippen LogP contribution in [0.1, 0.15) is 19.8 Å². The molecule has 0 aliphatic rings. The summed E-state index contributed by atoms with van der Waals surface area (Å²) in [7, 11) is 0. The summed E-state index contributed by atoms with van der Waals surface area (Å²) in [6.07, 6.45) is 10.2. The monoisotopic (exact) mass is 124 g/mol. The number of allylic oxidation sites excluding steroid dienone is 3. The third-order valence-electron chi connectivity index (χ3n) is 0.959. The predicted molar refractivity (Wildman–Crippen MR) is 41.2 cm³/mol. The Hall–Kier alpha value is -0.560. The highest BCUT2D eigenvalue weighted by Gasteiger charge is 1.68. The lowest BCUT2D eigenvalue weighted by molar-refractivity contribution is 1.17. The van der Waals surface area contributed by atoms with Crippen molar-refractivity contribution in [2.75, 3.05) is 6.54 Å². The van der Waals surface area contributed by atoms with Crippen molar-refractivity contribution in [1.82, 2.24) is 5.73 Å². The molecule has 0 bridgehead atoms. The molecule has 0 saturated heterocycles. The molecule has 1 heteroatoms. The standard InChI is InChI=1S/C8H14N/c1-2-3-4-5-6-7-8-9/h3-4,6-7,9H,2,5,8H2,1H3. The van der Waals surface area contributed by atoms with Crippen LogP contribution in [0.15, 0.2) is 24.3 Å². The minimum atomic E-state index is 0.403. The van der Waals surface area contributed by atoms with Crippen LogP contribution in [0.3, 0.4) is 0 Å². The van der Waals surface area contributed by atoms with E-state index >= 15 is 0 Å². The van der Waals surface area contributed by atoms with Crippen LogP contribution >= 0.6 is 0 Å². The van der Waals surface area contributed by atoms with Crippen LogP contribution in [0.5, 0.6) is 0 Å². The van der Waals surface area contributed by atoms with Crippen LogP contribution < -0.4 is 5.73 Å². The first-order valence-electron chi connectivity index (χ1n) is 3.36. The van der Waals surface area contributed by atoms with Gasteiger partial charge in [0.1, 0.15) is 0 Å². The summed E-state index contributed by atoms with van der Waals surface area (Å²) >= 11 is 0. The Bertz CT molecular complexity index is 80.7. The highest BCUT2D eigenvalue weighted by atomic mass is 14.5. The van der Waals surface area contributed by atoms with Crippen molar-refractivity contribution in [2.45, 2.75) is 19.8 Å². The topological polar surface area (TPSA) is 23.8 Å². The van der Waals surface area contributed by atoms with E-state index in [1.165, 1.54) is 0 Å². The summed E-state index contributed by atoms with van der Waals surface area (Å²) in [6, 6.07) is 0. The Morgan fingerprint density at radius 1 is 1.11 bits per heavy atom. The molecule has 1 N–H and O–H groups in total. The largest absolute Gasteiger partial charge is 0.254 e. The highest BCUT2D eigenvalue weighted by Crippen LogP contribution is 1.86. The minimum absolute atomic E-state index is 0.403. The van der Waals surface area contributed by atoms with Gasteiger partial charge in [0.15, 0.2) is 0 Å². The maximum Gasteiger partial charge on any atom is 0.0281 e. The maximum absolute atomic E-state index is 6.77. The fraction of sp³-hybridized carbons (Fsp3) is 0.500. The fourth-order valence-corrected chi connectivity index (χ4v) is 0.521. The van der Waals surface area contributed by atoms with Gasteiger partial charge in [-0.25, -0.2) is 0 Å². The van der Waals surface area contributed by atoms with E-state index in [-0.39, 0.29) is 0 Å². The van der Waals surface area contributed by atoms with Crippen LogP contribution in [-0.4, -0.2) is 6.54 Å². The number of rotatable bonds is 4. The van der Waals surface area contributed by atoms with Crippen LogP contribution in [0.4, 0.5) is 0 Å². The van der Waals surface area contributed by atoms with Crippen molar-refractivity contribution < 1.29 is 0 Å². The van der Waals surface area contributed by atoms with E-state index in [1.54, 1.807) is 0 Å². The number of hydrogen-bond donors (Lipinski definition) is 0. The first-order valence-corrected chi connectivity index (χ1v) is 3.36. The second-order valence-corrected chi connectivity index (χ2v) is 1.79. The van der Waals surface area contributed by atoms with Crippen LogP contribution in [-0.2, 0) is 0 Å². The van der Waals surface area contributed by atoms with Gasteiger partial charge in [0, 0.05) is 6.54 Å². The molecule has 0 unspecified atom stereocenters. The summed E-state index contributed by atoms with van der Waals surface area (Å²) in [5.41, 5.74) is 6.77. The van der Waals surface area contributed by atoms with Gasteiger partial charge in [-0.3, -0.25) is 5.73 Å². The molecule has 0 saturated carbocycles. The van der Waals surface area contributed by atoms with Gasteiger partial charge in [-0.1, -0.05) is 31.2 Å². The van der Waals surface area contributed by atoms with Gasteiger partial charge in [0.25, 0.3) is 0 Å². The van der Waals surface area contributed by atoms with Gasteiger partial charge in [0.2, 0.25) is 0 Å². The Kier molecular flexibility index (Phi) is 6.98. The minimum Gasteiger partial charge on any atom is -0.254 e. The molecule has 0 amide bonds. The van der Waals surface area contributed by atoms with Crippen molar-refractivity contribution in [3.05, 3.63) is 24.3 Å². The molecular weight excluding hydrogens is 110 g/mol. The normalized spacial score (nSPS) is 11.8. The fourth-order valence-electron chi connectivity index (χ4n) is 0.521. The lowest BCUT2D eigenvalue weighted by Gasteiger charge is -1.79. The average molecular weight is 124 g/mol. The molecule has 0 aromatic heterocycles. The van der Waals surface area contributed by atoms with E-state index in [0.29, 0.717) is 6.54 Å². The summed E-state index contributed by atoms with van der Waals surface area (Å²) in [6.45, 7) is 2.52. The van der Waals surface area contributed by atoms with Crippen molar-refractivity contribution in [3.8, 4) is 0 Å². The lowest BCUT2D eigenvalue weighted by Crippen LogP contribution is -1.72. The van der Waals surface area contributed by atoms with Gasteiger partial charge < -0.3 is 0 Å². The van der Waals surface area contributed by atoms with Gasteiger partial charge in [0.05, 0.1) is 0 Å². The molecule has 0 aromatic rings. The summed E-state index contributed by atoms with van der Waals surface area (Å²) in [4.78, 5) is 0. The molecule has 0 spiro atoms. The van der Waals surface area contributed by atoms with Gasteiger partial charge in [-0.2, -0.15) is 0 Å². The van der Waals surface area contributed by atoms with E-state index < -0.39 is 0 Å². The number of hydrogen-bond acceptors (Lipinski definition) is 0. The Morgan fingerprint density at radius 3 is 2.33 bits per heavy atom. The van der Waals surface area contributed by atoms with Crippen molar-refractivity contribution in [3.63, 3.8) is 0 Å². The SMILES string of the molecule is CCC=CCC=CC[NH]. The Morgan fingerprint density at radius 2 is 1.78 bits per heavy atom. The summed E-state index contributed by atoms with van der Waals surface area (Å²) in [5, 5.41) is 0. The molecule has 0 rings (SSSR count). The van der Waals surface area contributed by atoms with Crippen LogP contribution in [0.25, 0.3) is 0 Å². The Labute approximate surface area is 57.3 Å². The molecule has 0 atom stereocenters. The summed E-state index contributed by atoms with van der Waals surface area (Å²) < 4.78 is 0. The van der Waals surface area contributed by atoms with E-state index in [1.807, 2.05) is 12.2 Å². The van der Waals surface area contributed by atoms with Crippen LogP contribution in [0, 0.1) is 0 Å². The third-order valence-corrected chi connectivity index (χ3v) is 0.959. The molecular formula is C8H14N. The molecule has 1 nitrogen and oxygen atoms in total. The number of nitrogens with one attached hydrogen (secondary N) is 1. The van der Waals surface area contributed by atoms with Gasteiger partial charge in [-0.05, 0) is 12.8 Å². The molecule has 1 radical (unpaired) electrons. The molecule has 0 heterocycles. The smallest absolute Gasteiger partial charge is 0.0281 e. The maximum atomic E-state index is 6.77. The molecule has 0 aliphatic carbocycles. The molecule has 0 fully saturated rings. The van der Waals surface area contributed by atoms with E-state index in [0.717, 1.165) is 12.8 Å². The predicted octanol–water partition coefficient (Wildman–Crippen LogP) is 2.18. The molecule has 0 aliphatic heterocycles. The van der Waals surface area contributed by atoms with Gasteiger partial charge in [-0.15, -0.1) is 0 Å². The molecule has 51 valence electrons. The van der Waals surface area contributed by atoms with Crippen molar-refractivity contribution in [2.24, 2.45) is 0 Å². The van der Waals surface area contributed by atoms with Crippen molar-refractivity contribution >= 4 is 0 Å². The van der Waals surface area contributed by atoms with Gasteiger partial charge >= 0.3 is 0 Å². The van der Waals surface area contributed by atoms with E-state index in [4.69, 9.17) is 5.73 Å². The van der Waals surface area contributed by atoms with Crippen LogP contribution in [0.2, 0.25) is 0 Å². The van der Waals surface area contributed by atoms with Crippen molar-refractivity contribution in [1.29, 1.82) is 0 Å². The zero-order valence-electron chi connectivity index (χ0n) is 5.93. The summed E-state index contributed by atoms with van der Waals surface area (Å²) in [5.74, 6) is 0. The highest BCUT2D eigenvalue weighted by molar-refractivity contribution is 4.92. The lowest BCUT2D eigenvalue weighted by atomic mass is 10.3. The zero-order valence-corrected chi connectivity index (χ0v) is 5.93. The van der Waals surface area contributed by atoms with E-state index in [2.05, 4.69) is 19.1 Å². The molecule has 0 aromatic carbocycles.